The molecule has 9 nitrogen and oxygen atoms in total. The van der Waals surface area contributed by atoms with E-state index in [9.17, 15) is 9.90 Å². The van der Waals surface area contributed by atoms with Gasteiger partial charge in [0.2, 0.25) is 5.16 Å². The average molecular weight is 663 g/mol. The molecule has 1 saturated heterocycles. The monoisotopic (exact) mass is 661 g/mol. The third-order valence-corrected chi connectivity index (χ3v) is 8.83. The summed E-state index contributed by atoms with van der Waals surface area (Å²) in [4.78, 5) is 12.0. The number of thioether (sulfide) groups is 1. The number of halogens is 3. The van der Waals surface area contributed by atoms with Gasteiger partial charge in [0.1, 0.15) is 0 Å². The molecule has 13 heteroatoms. The molecule has 0 bridgehead atoms. The van der Waals surface area contributed by atoms with E-state index in [2.05, 4.69) is 27.8 Å². The Labute approximate surface area is 268 Å². The number of aliphatic hydroxyl groups excluding tert-OH is 1. The van der Waals surface area contributed by atoms with E-state index in [4.69, 9.17) is 44.3 Å². The van der Waals surface area contributed by atoms with Gasteiger partial charge in [0.05, 0.1) is 18.8 Å². The first kappa shape index (κ1) is 31.7. The number of amides is 1. The lowest BCUT2D eigenvalue weighted by molar-refractivity contribution is -0.268. The van der Waals surface area contributed by atoms with Gasteiger partial charge in [-0.25, -0.2) is 4.68 Å². The molecule has 4 atom stereocenters. The van der Waals surface area contributed by atoms with E-state index in [1.807, 2.05) is 72.8 Å². The number of tetrazole rings is 1. The van der Waals surface area contributed by atoms with Crippen molar-refractivity contribution in [2.75, 3.05) is 5.75 Å². The topological polar surface area (TPSA) is 111 Å². The van der Waals surface area contributed by atoms with Crippen LogP contribution in [0.15, 0.2) is 78.0 Å². The van der Waals surface area contributed by atoms with Gasteiger partial charge in [-0.15, -0.1) is 5.10 Å². The number of benzene rings is 3. The van der Waals surface area contributed by atoms with Crippen molar-refractivity contribution >= 4 is 52.5 Å². The number of nitrogens with one attached hydrogen (secondary N) is 1. The molecule has 0 aliphatic carbocycles. The van der Waals surface area contributed by atoms with Crippen LogP contribution in [0.2, 0.25) is 0 Å². The minimum Gasteiger partial charge on any atom is -0.392 e. The van der Waals surface area contributed by atoms with Crippen molar-refractivity contribution in [2.45, 2.75) is 47.5 Å². The summed E-state index contributed by atoms with van der Waals surface area (Å²) in [6.45, 7) is 2.31. The predicted molar refractivity (Wildman–Crippen MR) is 167 cm³/mol. The first-order valence-corrected chi connectivity index (χ1v) is 15.6. The second-order valence-electron chi connectivity index (χ2n) is 10.2. The van der Waals surface area contributed by atoms with Gasteiger partial charge in [0, 0.05) is 30.8 Å². The Bertz CT molecular complexity index is 1550. The van der Waals surface area contributed by atoms with Gasteiger partial charge >= 0.3 is 0 Å². The van der Waals surface area contributed by atoms with Crippen molar-refractivity contribution in [2.24, 2.45) is 13.0 Å². The Morgan fingerprint density at radius 1 is 1.00 bits per heavy atom. The lowest BCUT2D eigenvalue weighted by atomic mass is 9.91. The molecule has 43 heavy (non-hydrogen) atoms. The van der Waals surface area contributed by atoms with Gasteiger partial charge in [-0.1, -0.05) is 114 Å². The molecule has 4 unspecified atom stereocenters. The molecule has 0 radical (unpaired) electrons. The number of nitrogens with zero attached hydrogens (tertiary/aromatic N) is 4. The summed E-state index contributed by atoms with van der Waals surface area (Å²) in [6.07, 6.45) is -1.05. The maximum atomic E-state index is 12.0. The molecule has 0 saturated carbocycles. The fourth-order valence-corrected chi connectivity index (χ4v) is 6.03. The predicted octanol–water partition coefficient (Wildman–Crippen LogP) is 5.94. The van der Waals surface area contributed by atoms with Crippen LogP contribution in [0.3, 0.4) is 0 Å². The van der Waals surface area contributed by atoms with Crippen LogP contribution in [-0.4, -0.2) is 46.9 Å². The molecule has 3 aromatic carbocycles. The zero-order valence-electron chi connectivity index (χ0n) is 23.4. The summed E-state index contributed by atoms with van der Waals surface area (Å²) in [5.41, 5.74) is 5.47. The molecule has 1 aromatic heterocycles. The van der Waals surface area contributed by atoms with Gasteiger partial charge in [-0.05, 0) is 50.4 Å². The first-order valence-electron chi connectivity index (χ1n) is 13.5. The second-order valence-corrected chi connectivity index (χ2v) is 13.5. The number of aryl methyl sites for hydroxylation is 1. The third-order valence-electron chi connectivity index (χ3n) is 7.21. The van der Waals surface area contributed by atoms with Crippen LogP contribution in [0.1, 0.15) is 41.6 Å². The first-order chi connectivity index (χ1) is 20.6. The Balaban J connectivity index is 1.39. The fraction of sp³-hybridized carbons (Fsp3) is 0.333. The quantitative estimate of drug-likeness (QED) is 0.167. The van der Waals surface area contributed by atoms with Crippen molar-refractivity contribution in [1.82, 2.24) is 25.5 Å². The van der Waals surface area contributed by atoms with E-state index in [0.29, 0.717) is 10.9 Å². The highest BCUT2D eigenvalue weighted by molar-refractivity contribution is 7.99. The maximum Gasteiger partial charge on any atom is 0.272 e. The van der Waals surface area contributed by atoms with Crippen LogP contribution in [-0.2, 0) is 34.5 Å². The van der Waals surface area contributed by atoms with E-state index in [1.165, 1.54) is 11.8 Å². The largest absolute Gasteiger partial charge is 0.392 e. The molecule has 1 amide bonds. The number of hydrogen-bond donors (Lipinski definition) is 2. The van der Waals surface area contributed by atoms with Crippen molar-refractivity contribution < 1.29 is 19.4 Å². The number of carbonyl (C=O) groups excluding carboxylic acids is 1. The van der Waals surface area contributed by atoms with Gasteiger partial charge < -0.3 is 19.9 Å². The van der Waals surface area contributed by atoms with Crippen LogP contribution < -0.4 is 5.32 Å². The highest BCUT2D eigenvalue weighted by Gasteiger charge is 2.38. The summed E-state index contributed by atoms with van der Waals surface area (Å²) in [6, 6.07) is 23.6. The third kappa shape index (κ3) is 7.88. The van der Waals surface area contributed by atoms with Crippen LogP contribution in [0.5, 0.6) is 0 Å². The van der Waals surface area contributed by atoms with Crippen LogP contribution in [0.4, 0.5) is 0 Å². The summed E-state index contributed by atoms with van der Waals surface area (Å²) in [7, 11) is 1.81. The van der Waals surface area contributed by atoms with E-state index in [1.54, 1.807) is 11.7 Å². The standard InChI is InChI=1S/C30H30Cl3N5O4S/c1-18-25(17-43-29-35-36-37-38(29)2)41-27(42-26(18)21-11-9-19(16-39)10-12-21)24-8-4-7-23(14-24)22-6-3-5-20(13-22)15-34-28(40)30(31,32)33/h3-14,18,25-27,39H,15-17H2,1-2H3,(H,34,40). The highest BCUT2D eigenvalue weighted by Crippen LogP contribution is 2.43. The Kier molecular flexibility index (Phi) is 10.3. The van der Waals surface area contributed by atoms with Crippen molar-refractivity contribution in [1.29, 1.82) is 0 Å². The van der Waals surface area contributed by atoms with Gasteiger partial charge in [0.25, 0.3) is 9.70 Å². The average Bonchev–Trinajstić information content (AvgIpc) is 3.43. The van der Waals surface area contributed by atoms with Crippen LogP contribution in [0.25, 0.3) is 11.1 Å². The number of carbonyl (C=O) groups is 1. The molecule has 0 spiro atoms. The van der Waals surface area contributed by atoms with Crippen LogP contribution >= 0.6 is 46.6 Å². The summed E-state index contributed by atoms with van der Waals surface area (Å²) in [5, 5.41) is 24.6. The fourth-order valence-electron chi connectivity index (χ4n) is 4.82. The Morgan fingerprint density at radius 2 is 1.72 bits per heavy atom. The molecule has 5 rings (SSSR count). The maximum absolute atomic E-state index is 12.0. The Hall–Kier alpha value is -2.70. The number of ether oxygens (including phenoxy) is 2. The summed E-state index contributed by atoms with van der Waals surface area (Å²) < 4.78 is 12.8. The SMILES string of the molecule is CC1C(CSc2nnnn2C)OC(c2cccc(-c3cccc(CNC(=O)C(Cl)(Cl)Cl)c3)c2)OC1c1ccc(CO)cc1. The molecule has 4 aromatic rings. The number of aromatic nitrogens is 4. The van der Waals surface area contributed by atoms with Gasteiger partial charge in [-0.3, -0.25) is 4.79 Å². The zero-order valence-corrected chi connectivity index (χ0v) is 26.4. The molecular weight excluding hydrogens is 633 g/mol. The molecule has 2 N–H and O–H groups in total. The summed E-state index contributed by atoms with van der Waals surface area (Å²) in [5.74, 6) is -0.0376. The van der Waals surface area contributed by atoms with Crippen molar-refractivity contribution in [3.8, 4) is 11.1 Å². The minimum atomic E-state index is -2.02. The molecular formula is C30H30Cl3N5O4S. The number of alkyl halides is 3. The second kappa shape index (κ2) is 13.9. The minimum absolute atomic E-state index is 0.0210. The van der Waals surface area contributed by atoms with E-state index >= 15 is 0 Å². The molecule has 226 valence electrons. The molecule has 1 fully saturated rings. The van der Waals surface area contributed by atoms with Gasteiger partial charge in [-0.2, -0.15) is 0 Å². The van der Waals surface area contributed by atoms with Gasteiger partial charge in [0.15, 0.2) is 6.29 Å². The van der Waals surface area contributed by atoms with Crippen molar-refractivity contribution in [3.05, 3.63) is 95.1 Å². The van der Waals surface area contributed by atoms with E-state index in [0.717, 1.165) is 33.4 Å². The lowest BCUT2D eigenvalue weighted by Crippen LogP contribution is -2.38. The molecule has 1 aliphatic heterocycles. The number of aliphatic hydroxyl groups is 1. The Morgan fingerprint density at radius 3 is 2.40 bits per heavy atom. The normalized spacial score (nSPS) is 20.6. The van der Waals surface area contributed by atoms with Crippen LogP contribution in [0, 0.1) is 5.92 Å². The smallest absolute Gasteiger partial charge is 0.272 e. The molecule has 1 aliphatic rings. The lowest BCUT2D eigenvalue weighted by Gasteiger charge is -2.41. The van der Waals surface area contributed by atoms with E-state index < -0.39 is 16.0 Å². The van der Waals surface area contributed by atoms with E-state index in [-0.39, 0.29) is 31.3 Å². The number of hydrogen-bond acceptors (Lipinski definition) is 8. The highest BCUT2D eigenvalue weighted by atomic mass is 35.6. The van der Waals surface area contributed by atoms with Crippen molar-refractivity contribution in [3.63, 3.8) is 0 Å². The zero-order chi connectivity index (χ0) is 30.6. The summed E-state index contributed by atoms with van der Waals surface area (Å²) >= 11 is 18.6. The number of rotatable bonds is 9. The molecule has 2 heterocycles.